The molecule has 0 saturated heterocycles. The van der Waals surface area contributed by atoms with Gasteiger partial charge in [0.1, 0.15) is 0 Å². The number of benzene rings is 1. The van der Waals surface area contributed by atoms with Gasteiger partial charge >= 0.3 is 0 Å². The topological polar surface area (TPSA) is 48.0 Å². The lowest BCUT2D eigenvalue weighted by Crippen LogP contribution is -2.25. The first-order valence-electron chi connectivity index (χ1n) is 5.77. The zero-order chi connectivity index (χ0) is 12.7. The van der Waals surface area contributed by atoms with Gasteiger partial charge < -0.3 is 10.3 Å². The number of rotatable bonds is 1. The maximum atomic E-state index is 12.2. The maximum Gasteiger partial charge on any atom is 0.255 e. The fourth-order valence-corrected chi connectivity index (χ4v) is 2.40. The number of aryl methyl sites for hydroxylation is 4. The average Bonchev–Trinajstić information content (AvgIpc) is 2.30. The number of fused-ring (bicyclic) bond motifs is 1. The summed E-state index contributed by atoms with van der Waals surface area (Å²) in [5.74, 6) is 0. The van der Waals surface area contributed by atoms with Crippen LogP contribution >= 0.6 is 0 Å². The van der Waals surface area contributed by atoms with Gasteiger partial charge in [-0.2, -0.15) is 0 Å². The molecule has 2 rings (SSSR count). The standard InChI is InChI=1S/C14H18N2O/c1-8-5-6-11-10(3)12(7-15)14(17)16(4)13(11)9(8)2/h5-6H,7,15H2,1-4H3. The van der Waals surface area contributed by atoms with Crippen LogP contribution in [0.2, 0.25) is 0 Å². The van der Waals surface area contributed by atoms with Crippen molar-refractivity contribution >= 4 is 10.9 Å². The fraction of sp³-hybridized carbons (Fsp3) is 0.357. The van der Waals surface area contributed by atoms with Crippen LogP contribution in [0.5, 0.6) is 0 Å². The molecule has 90 valence electrons. The Hall–Kier alpha value is -1.61. The first-order valence-corrected chi connectivity index (χ1v) is 5.77. The number of nitrogens with zero attached hydrogens (tertiary/aromatic N) is 1. The molecule has 0 saturated carbocycles. The Kier molecular flexibility index (Phi) is 2.79. The molecule has 0 aliphatic rings. The molecule has 0 aliphatic carbocycles. The summed E-state index contributed by atoms with van der Waals surface area (Å²) in [5.41, 5.74) is 10.8. The summed E-state index contributed by atoms with van der Waals surface area (Å²) >= 11 is 0. The van der Waals surface area contributed by atoms with Crippen LogP contribution in [0.25, 0.3) is 10.9 Å². The second kappa shape index (κ2) is 4.00. The maximum absolute atomic E-state index is 12.2. The van der Waals surface area contributed by atoms with Crippen molar-refractivity contribution in [3.8, 4) is 0 Å². The Bertz CT molecular complexity index is 654. The van der Waals surface area contributed by atoms with E-state index in [1.54, 1.807) is 4.57 Å². The minimum absolute atomic E-state index is 0.0196. The molecule has 1 aromatic heterocycles. The van der Waals surface area contributed by atoms with E-state index in [1.165, 1.54) is 5.56 Å². The lowest BCUT2D eigenvalue weighted by atomic mass is 9.99. The van der Waals surface area contributed by atoms with Crippen molar-refractivity contribution in [2.45, 2.75) is 27.3 Å². The largest absolute Gasteiger partial charge is 0.326 e. The van der Waals surface area contributed by atoms with Gasteiger partial charge in [-0.25, -0.2) is 0 Å². The van der Waals surface area contributed by atoms with E-state index in [9.17, 15) is 4.79 Å². The van der Waals surface area contributed by atoms with Gasteiger partial charge in [0.2, 0.25) is 0 Å². The lowest BCUT2D eigenvalue weighted by molar-refractivity contribution is 0.858. The molecule has 1 aromatic carbocycles. The average molecular weight is 230 g/mol. The molecule has 17 heavy (non-hydrogen) atoms. The third kappa shape index (κ3) is 1.58. The fourth-order valence-electron chi connectivity index (χ4n) is 2.40. The molecular formula is C14H18N2O. The van der Waals surface area contributed by atoms with Crippen LogP contribution in [0.4, 0.5) is 0 Å². The molecule has 2 N–H and O–H groups in total. The van der Waals surface area contributed by atoms with Crippen molar-refractivity contribution in [2.24, 2.45) is 12.8 Å². The van der Waals surface area contributed by atoms with E-state index < -0.39 is 0 Å². The Morgan fingerprint density at radius 3 is 2.41 bits per heavy atom. The van der Waals surface area contributed by atoms with Crippen molar-refractivity contribution in [1.82, 2.24) is 4.57 Å². The Labute approximate surface area is 101 Å². The smallest absolute Gasteiger partial charge is 0.255 e. The minimum atomic E-state index is 0.0196. The second-order valence-corrected chi connectivity index (χ2v) is 4.58. The minimum Gasteiger partial charge on any atom is -0.326 e. The van der Waals surface area contributed by atoms with E-state index in [-0.39, 0.29) is 5.56 Å². The van der Waals surface area contributed by atoms with Gasteiger partial charge in [-0.3, -0.25) is 4.79 Å². The normalized spacial score (nSPS) is 11.1. The Morgan fingerprint density at radius 2 is 1.82 bits per heavy atom. The van der Waals surface area contributed by atoms with Crippen LogP contribution < -0.4 is 11.3 Å². The lowest BCUT2D eigenvalue weighted by Gasteiger charge is -2.15. The van der Waals surface area contributed by atoms with Crippen LogP contribution in [0.1, 0.15) is 22.3 Å². The van der Waals surface area contributed by atoms with E-state index in [0.29, 0.717) is 12.1 Å². The highest BCUT2D eigenvalue weighted by Gasteiger charge is 2.12. The molecule has 0 atom stereocenters. The van der Waals surface area contributed by atoms with E-state index in [4.69, 9.17) is 5.73 Å². The van der Waals surface area contributed by atoms with Gasteiger partial charge in [-0.05, 0) is 37.5 Å². The third-order valence-electron chi connectivity index (χ3n) is 3.66. The van der Waals surface area contributed by atoms with Crippen molar-refractivity contribution in [3.05, 3.63) is 44.7 Å². The molecule has 0 unspecified atom stereocenters. The first kappa shape index (κ1) is 11.9. The van der Waals surface area contributed by atoms with E-state index in [2.05, 4.69) is 26.0 Å². The van der Waals surface area contributed by atoms with Crippen molar-refractivity contribution in [1.29, 1.82) is 0 Å². The van der Waals surface area contributed by atoms with Crippen LogP contribution in [0.3, 0.4) is 0 Å². The summed E-state index contributed by atoms with van der Waals surface area (Å²) in [5, 5.41) is 1.12. The number of hydrogen-bond acceptors (Lipinski definition) is 2. The molecule has 2 aromatic rings. The molecular weight excluding hydrogens is 212 g/mol. The van der Waals surface area contributed by atoms with Crippen LogP contribution in [0.15, 0.2) is 16.9 Å². The van der Waals surface area contributed by atoms with Gasteiger partial charge in [-0.1, -0.05) is 12.1 Å². The summed E-state index contributed by atoms with van der Waals surface area (Å²) < 4.78 is 1.72. The van der Waals surface area contributed by atoms with Gasteiger partial charge in [0, 0.05) is 24.5 Å². The van der Waals surface area contributed by atoms with Crippen LogP contribution in [-0.2, 0) is 13.6 Å². The predicted molar refractivity (Wildman–Crippen MR) is 71.3 cm³/mol. The first-order chi connectivity index (χ1) is 7.99. The van der Waals surface area contributed by atoms with Crippen molar-refractivity contribution in [2.75, 3.05) is 0 Å². The van der Waals surface area contributed by atoms with Crippen molar-refractivity contribution < 1.29 is 0 Å². The number of hydrogen-bond donors (Lipinski definition) is 1. The van der Waals surface area contributed by atoms with Gasteiger partial charge in [-0.15, -0.1) is 0 Å². The summed E-state index contributed by atoms with van der Waals surface area (Å²) in [6.45, 7) is 6.38. The summed E-state index contributed by atoms with van der Waals surface area (Å²) in [7, 11) is 1.82. The highest BCUT2D eigenvalue weighted by atomic mass is 16.1. The van der Waals surface area contributed by atoms with E-state index >= 15 is 0 Å². The molecule has 0 fully saturated rings. The SMILES string of the molecule is Cc1ccc2c(C)c(CN)c(=O)n(C)c2c1C. The molecule has 0 radical (unpaired) electrons. The number of nitrogens with two attached hydrogens (primary N) is 1. The van der Waals surface area contributed by atoms with E-state index in [0.717, 1.165) is 22.0 Å². The van der Waals surface area contributed by atoms with E-state index in [1.807, 2.05) is 14.0 Å². The zero-order valence-electron chi connectivity index (χ0n) is 10.8. The Balaban J connectivity index is 3.09. The summed E-state index contributed by atoms with van der Waals surface area (Å²) in [6.07, 6.45) is 0. The molecule has 0 bridgehead atoms. The van der Waals surface area contributed by atoms with Gasteiger partial charge in [0.05, 0.1) is 5.52 Å². The molecule has 3 nitrogen and oxygen atoms in total. The molecule has 0 spiro atoms. The summed E-state index contributed by atoms with van der Waals surface area (Å²) in [6, 6.07) is 4.17. The highest BCUT2D eigenvalue weighted by Crippen LogP contribution is 2.24. The molecule has 1 heterocycles. The van der Waals surface area contributed by atoms with Crippen LogP contribution in [-0.4, -0.2) is 4.57 Å². The highest BCUT2D eigenvalue weighted by molar-refractivity contribution is 5.87. The van der Waals surface area contributed by atoms with Gasteiger partial charge in [0.25, 0.3) is 5.56 Å². The number of aromatic nitrogens is 1. The monoisotopic (exact) mass is 230 g/mol. The molecule has 0 amide bonds. The zero-order valence-corrected chi connectivity index (χ0v) is 10.8. The van der Waals surface area contributed by atoms with Gasteiger partial charge in [0.15, 0.2) is 0 Å². The number of pyridine rings is 1. The third-order valence-corrected chi connectivity index (χ3v) is 3.66. The quantitative estimate of drug-likeness (QED) is 0.813. The van der Waals surface area contributed by atoms with Crippen molar-refractivity contribution in [3.63, 3.8) is 0 Å². The summed E-state index contributed by atoms with van der Waals surface area (Å²) in [4.78, 5) is 12.2. The predicted octanol–water partition coefficient (Wildman–Crippen LogP) is 1.92. The second-order valence-electron chi connectivity index (χ2n) is 4.58. The Morgan fingerprint density at radius 1 is 1.18 bits per heavy atom. The van der Waals surface area contributed by atoms with Crippen LogP contribution in [0, 0.1) is 20.8 Å². The molecule has 0 aliphatic heterocycles. The molecule has 3 heteroatoms.